The van der Waals surface area contributed by atoms with E-state index in [1.807, 2.05) is 6.92 Å². The van der Waals surface area contributed by atoms with E-state index in [1.165, 1.54) is 36.8 Å². The van der Waals surface area contributed by atoms with Gasteiger partial charge in [0.2, 0.25) is 5.91 Å². The van der Waals surface area contributed by atoms with E-state index in [0.717, 1.165) is 38.0 Å². The number of amides is 1. The quantitative estimate of drug-likeness (QED) is 0.736. The molecular formula is C20H33NO2. The average Bonchev–Trinajstić information content (AvgIpc) is 3.02. The first kappa shape index (κ1) is 18.1. The van der Waals surface area contributed by atoms with Gasteiger partial charge < -0.3 is 10.1 Å². The number of nitrogens with one attached hydrogen (secondary N) is 1. The second kappa shape index (κ2) is 9.14. The molecule has 1 amide bonds. The molecule has 1 aliphatic carbocycles. The predicted octanol–water partition coefficient (Wildman–Crippen LogP) is 4.74. The molecule has 0 spiro atoms. The Bertz CT molecular complexity index is 458. The fourth-order valence-corrected chi connectivity index (χ4v) is 3.47. The third-order valence-corrected chi connectivity index (χ3v) is 5.26. The van der Waals surface area contributed by atoms with Gasteiger partial charge in [0.1, 0.15) is 0 Å². The number of rotatable bonds is 7. The summed E-state index contributed by atoms with van der Waals surface area (Å²) in [5, 5.41) is 3.13. The maximum absolute atomic E-state index is 12.2. The van der Waals surface area contributed by atoms with Crippen LogP contribution in [-0.2, 0) is 9.53 Å². The van der Waals surface area contributed by atoms with Crippen molar-refractivity contribution in [3.63, 3.8) is 0 Å². The van der Waals surface area contributed by atoms with Crippen molar-refractivity contribution in [3.05, 3.63) is 23.0 Å². The van der Waals surface area contributed by atoms with Crippen LogP contribution in [0.5, 0.6) is 0 Å². The van der Waals surface area contributed by atoms with Gasteiger partial charge in [-0.2, -0.15) is 0 Å². The molecule has 1 N–H and O–H groups in total. The molecule has 0 unspecified atom stereocenters. The minimum Gasteiger partial charge on any atom is -0.497 e. The van der Waals surface area contributed by atoms with Gasteiger partial charge in [-0.25, -0.2) is 0 Å². The molecule has 1 heterocycles. The molecule has 0 bridgehead atoms. The van der Waals surface area contributed by atoms with E-state index in [2.05, 4.69) is 25.2 Å². The van der Waals surface area contributed by atoms with E-state index in [-0.39, 0.29) is 11.8 Å². The van der Waals surface area contributed by atoms with Gasteiger partial charge in [0.15, 0.2) is 0 Å². The van der Waals surface area contributed by atoms with Crippen LogP contribution in [0.2, 0.25) is 0 Å². The van der Waals surface area contributed by atoms with Gasteiger partial charge in [-0.1, -0.05) is 45.1 Å². The summed E-state index contributed by atoms with van der Waals surface area (Å²) in [6, 6.07) is 0. The third kappa shape index (κ3) is 5.40. The zero-order valence-electron chi connectivity index (χ0n) is 15.1. The van der Waals surface area contributed by atoms with E-state index in [4.69, 9.17) is 4.74 Å². The molecule has 23 heavy (non-hydrogen) atoms. The molecule has 1 fully saturated rings. The Kier molecular flexibility index (Phi) is 7.19. The van der Waals surface area contributed by atoms with Crippen molar-refractivity contribution < 1.29 is 9.53 Å². The molecule has 1 atom stereocenters. The van der Waals surface area contributed by atoms with E-state index in [0.29, 0.717) is 12.5 Å². The number of carbonyl (C=O) groups is 1. The number of allylic oxidation sites excluding steroid dienone is 1. The Hall–Kier alpha value is -1.25. The Morgan fingerprint density at radius 3 is 2.83 bits per heavy atom. The van der Waals surface area contributed by atoms with Gasteiger partial charge in [0.25, 0.3) is 0 Å². The summed E-state index contributed by atoms with van der Waals surface area (Å²) in [6.45, 7) is 7.78. The highest BCUT2D eigenvalue weighted by Crippen LogP contribution is 2.34. The molecule has 3 heteroatoms. The second-order valence-electron chi connectivity index (χ2n) is 7.19. The monoisotopic (exact) mass is 319 g/mol. The van der Waals surface area contributed by atoms with Crippen LogP contribution in [0.1, 0.15) is 72.1 Å². The van der Waals surface area contributed by atoms with Gasteiger partial charge in [-0.15, -0.1) is 0 Å². The zero-order valence-corrected chi connectivity index (χ0v) is 15.1. The zero-order chi connectivity index (χ0) is 16.7. The van der Waals surface area contributed by atoms with Crippen LogP contribution in [0.25, 0.3) is 0 Å². The molecule has 0 radical (unpaired) electrons. The normalized spacial score (nSPS) is 20.7. The van der Waals surface area contributed by atoms with Gasteiger partial charge in [0.05, 0.1) is 12.4 Å². The number of carbonyl (C=O) groups excluding carboxylic acids is 1. The topological polar surface area (TPSA) is 38.3 Å². The fraction of sp³-hybridized carbons (Fsp3) is 0.750. The maximum atomic E-state index is 12.2. The van der Waals surface area contributed by atoms with Gasteiger partial charge in [-0.05, 0) is 37.8 Å². The maximum Gasteiger partial charge on any atom is 0.223 e. The molecule has 3 nitrogen and oxygen atoms in total. The van der Waals surface area contributed by atoms with Crippen molar-refractivity contribution in [3.8, 4) is 0 Å². The summed E-state index contributed by atoms with van der Waals surface area (Å²) in [5.41, 5.74) is 2.60. The Morgan fingerprint density at radius 1 is 1.39 bits per heavy atom. The molecule has 0 aromatic rings. The van der Waals surface area contributed by atoms with Crippen molar-refractivity contribution in [2.75, 3.05) is 13.2 Å². The lowest BCUT2D eigenvalue weighted by Gasteiger charge is -2.15. The highest BCUT2D eigenvalue weighted by Gasteiger charge is 2.23. The van der Waals surface area contributed by atoms with Crippen LogP contribution in [0.15, 0.2) is 23.0 Å². The van der Waals surface area contributed by atoms with Gasteiger partial charge in [0, 0.05) is 24.8 Å². The van der Waals surface area contributed by atoms with Crippen molar-refractivity contribution >= 4 is 5.91 Å². The highest BCUT2D eigenvalue weighted by atomic mass is 16.5. The minimum atomic E-state index is 0.108. The van der Waals surface area contributed by atoms with Crippen LogP contribution >= 0.6 is 0 Å². The fourth-order valence-electron chi connectivity index (χ4n) is 3.47. The van der Waals surface area contributed by atoms with Gasteiger partial charge >= 0.3 is 0 Å². The molecule has 0 saturated heterocycles. The highest BCUT2D eigenvalue weighted by molar-refractivity contribution is 5.78. The van der Waals surface area contributed by atoms with Crippen LogP contribution in [0.3, 0.4) is 0 Å². The van der Waals surface area contributed by atoms with E-state index in [1.54, 1.807) is 0 Å². The number of hydrogen-bond acceptors (Lipinski definition) is 2. The van der Waals surface area contributed by atoms with Gasteiger partial charge in [-0.3, -0.25) is 4.79 Å². The summed E-state index contributed by atoms with van der Waals surface area (Å²) in [7, 11) is 0. The first-order chi connectivity index (χ1) is 11.1. The summed E-state index contributed by atoms with van der Waals surface area (Å²) in [6.07, 6.45) is 11.6. The standard InChI is InChI=1S/C20H33NO2/c1-4-5-8-16(3)20(22)21-14-18-13-19(17-9-6-7-10-17)23-12-11-15(18)2/h13,16-17H,4-12,14H2,1-3H3,(H,21,22)/t16-/m0/s1. The van der Waals surface area contributed by atoms with Crippen LogP contribution in [0.4, 0.5) is 0 Å². The van der Waals surface area contributed by atoms with Crippen LogP contribution in [0, 0.1) is 11.8 Å². The summed E-state index contributed by atoms with van der Waals surface area (Å²) in [4.78, 5) is 12.2. The summed E-state index contributed by atoms with van der Waals surface area (Å²) < 4.78 is 6.00. The van der Waals surface area contributed by atoms with Crippen LogP contribution < -0.4 is 5.32 Å². The Labute approximate surface area is 141 Å². The lowest BCUT2D eigenvalue weighted by atomic mass is 10.0. The van der Waals surface area contributed by atoms with Crippen molar-refractivity contribution in [1.82, 2.24) is 5.32 Å². The smallest absolute Gasteiger partial charge is 0.223 e. The predicted molar refractivity (Wildman–Crippen MR) is 95.0 cm³/mol. The number of unbranched alkanes of at least 4 members (excludes halogenated alkanes) is 1. The molecule has 0 aromatic heterocycles. The number of ether oxygens (including phenoxy) is 1. The van der Waals surface area contributed by atoms with E-state index >= 15 is 0 Å². The largest absolute Gasteiger partial charge is 0.497 e. The van der Waals surface area contributed by atoms with Crippen LogP contribution in [-0.4, -0.2) is 19.1 Å². The first-order valence-corrected chi connectivity index (χ1v) is 9.42. The Morgan fingerprint density at radius 2 is 2.13 bits per heavy atom. The summed E-state index contributed by atoms with van der Waals surface area (Å²) in [5.74, 6) is 2.04. The number of hydrogen-bond donors (Lipinski definition) is 1. The molecule has 1 saturated carbocycles. The first-order valence-electron chi connectivity index (χ1n) is 9.42. The van der Waals surface area contributed by atoms with E-state index < -0.39 is 0 Å². The second-order valence-corrected chi connectivity index (χ2v) is 7.19. The summed E-state index contributed by atoms with van der Waals surface area (Å²) >= 11 is 0. The molecule has 1 aliphatic heterocycles. The molecule has 2 aliphatic rings. The van der Waals surface area contributed by atoms with Crippen molar-refractivity contribution in [2.24, 2.45) is 11.8 Å². The lowest BCUT2D eigenvalue weighted by molar-refractivity contribution is -0.124. The third-order valence-electron chi connectivity index (χ3n) is 5.26. The van der Waals surface area contributed by atoms with Crippen molar-refractivity contribution in [1.29, 1.82) is 0 Å². The Balaban J connectivity index is 1.95. The van der Waals surface area contributed by atoms with Crippen molar-refractivity contribution in [2.45, 2.75) is 72.1 Å². The van der Waals surface area contributed by atoms with E-state index in [9.17, 15) is 4.79 Å². The minimum absolute atomic E-state index is 0.108. The SMILES string of the molecule is CCCC[C@H](C)C(=O)NCC1=C(C)CCOC(C2CCCC2)=C1. The molecular weight excluding hydrogens is 286 g/mol. The lowest BCUT2D eigenvalue weighted by Crippen LogP contribution is -2.31. The molecule has 0 aromatic carbocycles. The average molecular weight is 319 g/mol. The molecule has 130 valence electrons. The molecule has 2 rings (SSSR count).